The fourth-order valence-electron chi connectivity index (χ4n) is 4.64. The third-order valence-corrected chi connectivity index (χ3v) is 7.20. The van der Waals surface area contributed by atoms with Gasteiger partial charge in [0.25, 0.3) is 0 Å². The highest BCUT2D eigenvalue weighted by Gasteiger charge is 2.18. The van der Waals surface area contributed by atoms with Gasteiger partial charge < -0.3 is 10.2 Å². The van der Waals surface area contributed by atoms with Gasteiger partial charge >= 0.3 is 0 Å². The van der Waals surface area contributed by atoms with Gasteiger partial charge in [-0.05, 0) is 74.3 Å². The van der Waals surface area contributed by atoms with Gasteiger partial charge in [-0.3, -0.25) is 4.98 Å². The maximum atomic E-state index is 6.78. The first-order valence-corrected chi connectivity index (χ1v) is 13.4. The number of halogens is 1. The second kappa shape index (κ2) is 13.2. The van der Waals surface area contributed by atoms with Crippen molar-refractivity contribution in [3.63, 3.8) is 0 Å². The summed E-state index contributed by atoms with van der Waals surface area (Å²) < 4.78 is 0. The number of nitrogens with zero attached hydrogens (tertiary/aromatic N) is 2. The molecule has 3 rings (SSSR count). The van der Waals surface area contributed by atoms with Crippen LogP contribution in [0.2, 0.25) is 5.02 Å². The van der Waals surface area contributed by atoms with Gasteiger partial charge in [0.05, 0.1) is 10.5 Å². The molecule has 0 fully saturated rings. The lowest BCUT2D eigenvalue weighted by Crippen LogP contribution is -2.33. The SMILES string of the molecule is C=C(CN(CCNCCCCC)C(=C)CCCC)c1ccc2c(Cl)c3c(nc2c1)CCCC3. The fraction of sp³-hybridized carbons (Fsp3) is 0.552. The number of unbranched alkanes of at least 4 members (excludes halogenated alkanes) is 3. The average Bonchev–Trinajstić information content (AvgIpc) is 2.83. The Morgan fingerprint density at radius 1 is 1.06 bits per heavy atom. The van der Waals surface area contributed by atoms with E-state index >= 15 is 0 Å². The predicted molar refractivity (Wildman–Crippen MR) is 145 cm³/mol. The Labute approximate surface area is 206 Å². The molecule has 4 heteroatoms. The van der Waals surface area contributed by atoms with Gasteiger partial charge in [-0.2, -0.15) is 0 Å². The summed E-state index contributed by atoms with van der Waals surface area (Å²) in [6.07, 6.45) is 11.7. The lowest BCUT2D eigenvalue weighted by molar-refractivity contribution is 0.363. The topological polar surface area (TPSA) is 28.2 Å². The van der Waals surface area contributed by atoms with Crippen molar-refractivity contribution in [3.05, 3.63) is 58.9 Å². The van der Waals surface area contributed by atoms with Crippen LogP contribution in [0.3, 0.4) is 0 Å². The average molecular weight is 468 g/mol. The van der Waals surface area contributed by atoms with E-state index in [0.29, 0.717) is 0 Å². The number of aryl methyl sites for hydroxylation is 1. The molecular formula is C29H42ClN3. The summed E-state index contributed by atoms with van der Waals surface area (Å²) in [7, 11) is 0. The highest BCUT2D eigenvalue weighted by molar-refractivity contribution is 6.36. The number of allylic oxidation sites excluding steroid dienone is 1. The van der Waals surface area contributed by atoms with Gasteiger partial charge in [0.1, 0.15) is 0 Å². The van der Waals surface area contributed by atoms with Gasteiger partial charge in [-0.1, -0.05) is 70.0 Å². The minimum absolute atomic E-state index is 0.795. The van der Waals surface area contributed by atoms with Crippen molar-refractivity contribution in [2.45, 2.75) is 78.1 Å². The third-order valence-electron chi connectivity index (χ3n) is 6.76. The molecule has 0 saturated heterocycles. The first kappa shape index (κ1) is 25.8. The van der Waals surface area contributed by atoms with Crippen LogP contribution >= 0.6 is 11.6 Å². The number of hydrogen-bond acceptors (Lipinski definition) is 3. The lowest BCUT2D eigenvalue weighted by atomic mass is 9.94. The summed E-state index contributed by atoms with van der Waals surface area (Å²) in [5.74, 6) is 0. The highest BCUT2D eigenvalue weighted by Crippen LogP contribution is 2.34. The van der Waals surface area contributed by atoms with E-state index < -0.39 is 0 Å². The molecular weight excluding hydrogens is 426 g/mol. The largest absolute Gasteiger partial charge is 0.370 e. The van der Waals surface area contributed by atoms with E-state index in [9.17, 15) is 0 Å². The van der Waals surface area contributed by atoms with Gasteiger partial charge in [0, 0.05) is 36.4 Å². The number of pyridine rings is 1. The van der Waals surface area contributed by atoms with Crippen molar-refractivity contribution in [1.82, 2.24) is 15.2 Å². The summed E-state index contributed by atoms with van der Waals surface area (Å²) in [4.78, 5) is 7.40. The minimum atomic E-state index is 0.795. The second-order valence-corrected chi connectivity index (χ2v) is 9.82. The lowest BCUT2D eigenvalue weighted by Gasteiger charge is -2.28. The molecule has 0 saturated carbocycles. The number of hydrogen-bond donors (Lipinski definition) is 1. The molecule has 1 heterocycles. The van der Waals surface area contributed by atoms with Crippen LogP contribution in [0.5, 0.6) is 0 Å². The molecule has 0 radical (unpaired) electrons. The second-order valence-electron chi connectivity index (χ2n) is 9.44. The summed E-state index contributed by atoms with van der Waals surface area (Å²) in [5, 5.41) is 5.56. The molecule has 180 valence electrons. The first-order chi connectivity index (χ1) is 16.0. The summed E-state index contributed by atoms with van der Waals surface area (Å²) in [5.41, 5.74) is 6.90. The molecule has 0 atom stereocenters. The summed E-state index contributed by atoms with van der Waals surface area (Å²) in [6, 6.07) is 6.46. The molecule has 0 aliphatic heterocycles. The Balaban J connectivity index is 1.71. The molecule has 1 aliphatic rings. The van der Waals surface area contributed by atoms with E-state index in [1.165, 1.54) is 61.9 Å². The number of fused-ring (bicyclic) bond motifs is 2. The van der Waals surface area contributed by atoms with Crippen LogP contribution in [0.25, 0.3) is 16.5 Å². The molecule has 3 nitrogen and oxygen atoms in total. The molecule has 0 unspecified atom stereocenters. The van der Waals surface area contributed by atoms with Crippen LogP contribution in [-0.2, 0) is 12.8 Å². The Bertz CT molecular complexity index is 950. The van der Waals surface area contributed by atoms with Gasteiger partial charge in [-0.15, -0.1) is 0 Å². The van der Waals surface area contributed by atoms with Crippen LogP contribution in [-0.4, -0.2) is 36.1 Å². The maximum absolute atomic E-state index is 6.78. The number of nitrogens with one attached hydrogen (secondary N) is 1. The van der Waals surface area contributed by atoms with E-state index in [1.807, 2.05) is 0 Å². The Morgan fingerprint density at radius 3 is 2.64 bits per heavy atom. The first-order valence-electron chi connectivity index (χ1n) is 13.0. The molecule has 1 N–H and O–H groups in total. The smallest absolute Gasteiger partial charge is 0.0726 e. The fourth-order valence-corrected chi connectivity index (χ4v) is 5.00. The van der Waals surface area contributed by atoms with Crippen LogP contribution in [0, 0.1) is 0 Å². The molecule has 1 aromatic carbocycles. The number of benzene rings is 1. The minimum Gasteiger partial charge on any atom is -0.370 e. The van der Waals surface area contributed by atoms with Crippen LogP contribution < -0.4 is 5.32 Å². The zero-order valence-electron chi connectivity index (χ0n) is 20.8. The Kier molecular flexibility index (Phi) is 10.3. The molecule has 2 aromatic rings. The molecule has 0 amide bonds. The molecule has 1 aromatic heterocycles. The van der Waals surface area contributed by atoms with Crippen molar-refractivity contribution >= 4 is 28.1 Å². The van der Waals surface area contributed by atoms with Gasteiger partial charge in [0.15, 0.2) is 0 Å². The monoisotopic (exact) mass is 467 g/mol. The Hall–Kier alpha value is -1.84. The van der Waals surface area contributed by atoms with Crippen molar-refractivity contribution < 1.29 is 0 Å². The standard InChI is InChI=1S/C29H42ClN3/c1-5-7-11-17-31-18-19-33(23(4)12-8-6-2)21-22(3)24-15-16-26-28(20-24)32-27-14-10-9-13-25(27)29(26)30/h15-16,20,31H,3-14,17-19,21H2,1-2H3. The van der Waals surface area contributed by atoms with E-state index in [0.717, 1.165) is 72.5 Å². The summed E-state index contributed by atoms with van der Waals surface area (Å²) in [6.45, 7) is 17.1. The predicted octanol–water partition coefficient (Wildman–Crippen LogP) is 7.57. The van der Waals surface area contributed by atoms with Crippen LogP contribution in [0.15, 0.2) is 37.1 Å². The normalized spacial score (nSPS) is 13.2. The van der Waals surface area contributed by atoms with Crippen LogP contribution in [0.4, 0.5) is 0 Å². The zero-order chi connectivity index (χ0) is 23.6. The van der Waals surface area contributed by atoms with E-state index in [4.69, 9.17) is 16.6 Å². The molecule has 0 spiro atoms. The molecule has 1 aliphatic carbocycles. The van der Waals surface area contributed by atoms with E-state index in [1.54, 1.807) is 0 Å². The Morgan fingerprint density at radius 2 is 1.85 bits per heavy atom. The third kappa shape index (κ3) is 7.07. The zero-order valence-corrected chi connectivity index (χ0v) is 21.6. The van der Waals surface area contributed by atoms with Crippen LogP contribution in [0.1, 0.15) is 82.0 Å². The van der Waals surface area contributed by atoms with Crippen molar-refractivity contribution in [2.24, 2.45) is 0 Å². The number of rotatable bonds is 14. The molecule has 33 heavy (non-hydrogen) atoms. The van der Waals surface area contributed by atoms with Crippen molar-refractivity contribution in [2.75, 3.05) is 26.2 Å². The van der Waals surface area contributed by atoms with E-state index in [2.05, 4.69) is 55.4 Å². The van der Waals surface area contributed by atoms with Gasteiger partial charge in [0.2, 0.25) is 0 Å². The summed E-state index contributed by atoms with van der Waals surface area (Å²) >= 11 is 6.78. The maximum Gasteiger partial charge on any atom is 0.0726 e. The highest BCUT2D eigenvalue weighted by atomic mass is 35.5. The van der Waals surface area contributed by atoms with Crippen molar-refractivity contribution in [1.29, 1.82) is 0 Å². The van der Waals surface area contributed by atoms with E-state index in [-0.39, 0.29) is 0 Å². The number of aromatic nitrogens is 1. The molecule has 0 bridgehead atoms. The van der Waals surface area contributed by atoms with Crippen molar-refractivity contribution in [3.8, 4) is 0 Å². The van der Waals surface area contributed by atoms with Gasteiger partial charge in [-0.25, -0.2) is 0 Å². The quantitative estimate of drug-likeness (QED) is 0.290.